The van der Waals surface area contributed by atoms with Gasteiger partial charge in [-0.3, -0.25) is 28.9 Å². The lowest BCUT2D eigenvalue weighted by Gasteiger charge is -2.31. The number of fused-ring (bicyclic) bond motifs is 3. The third-order valence-corrected chi connectivity index (χ3v) is 13.9. The summed E-state index contributed by atoms with van der Waals surface area (Å²) >= 11 is 6.58. The summed E-state index contributed by atoms with van der Waals surface area (Å²) in [6.07, 6.45) is 13.1. The fourth-order valence-electron chi connectivity index (χ4n) is 8.38. The normalized spacial score (nSPS) is 29.0. The molecule has 2 saturated carbocycles. The van der Waals surface area contributed by atoms with Crippen molar-refractivity contribution in [3.63, 3.8) is 0 Å². The predicted molar refractivity (Wildman–Crippen MR) is 199 cm³/mol. The van der Waals surface area contributed by atoms with Crippen molar-refractivity contribution in [1.29, 1.82) is 0 Å². The summed E-state index contributed by atoms with van der Waals surface area (Å²) in [7, 11) is -2.31. The third-order valence-electron chi connectivity index (χ3n) is 11.8. The number of sulfonamides is 1. The van der Waals surface area contributed by atoms with E-state index in [2.05, 4.69) is 9.71 Å². The van der Waals surface area contributed by atoms with Crippen molar-refractivity contribution in [3.05, 3.63) is 41.6 Å². The number of piperidine rings is 1. The molecule has 2 aromatic rings. The number of aromatic nitrogens is 1. The van der Waals surface area contributed by atoms with Crippen LogP contribution >= 0.6 is 11.6 Å². The molecule has 2 aliphatic carbocycles. The summed E-state index contributed by atoms with van der Waals surface area (Å²) in [5.74, 6) is -1.22. The average Bonchev–Trinajstić information content (AvgIpc) is 4.08. The molecule has 3 aliphatic heterocycles. The first kappa shape index (κ1) is 37.6. The molecule has 4 heterocycles. The van der Waals surface area contributed by atoms with Crippen molar-refractivity contribution in [2.24, 2.45) is 17.3 Å². The van der Waals surface area contributed by atoms with E-state index < -0.39 is 44.7 Å². The summed E-state index contributed by atoms with van der Waals surface area (Å²) in [5.41, 5.74) is -0.730. The Labute approximate surface area is 316 Å². The first-order valence-electron chi connectivity index (χ1n) is 19.1. The second kappa shape index (κ2) is 15.6. The van der Waals surface area contributed by atoms with Gasteiger partial charge in [0.25, 0.3) is 0 Å². The van der Waals surface area contributed by atoms with Gasteiger partial charge in [0.05, 0.1) is 35.9 Å². The van der Waals surface area contributed by atoms with E-state index >= 15 is 0 Å². The standard InChI is InChI=1S/C39H49ClN4O8S/c1-51-33-15-14-29-32(16-17-41-36(29)35(33)40)52-27-21-30-31(45)23-39(38(48)42-53(49,50)28-12-13-28)22-26(39)11-7-4-2-3-6-10-25(37(47)44(30)24-27)20-34(46)43-18-8-5-9-19-43/h7,11,14-17,25-28,30H,2-6,8-10,12-13,18-24H2,1H3,(H,42,48)/b11-7-/t25-,26-,27-,30+,39-/m1/s1. The van der Waals surface area contributed by atoms with Gasteiger partial charge in [-0.1, -0.05) is 36.6 Å². The van der Waals surface area contributed by atoms with Gasteiger partial charge in [-0.25, -0.2) is 8.42 Å². The number of methoxy groups -OCH3 is 1. The number of carbonyl (C=O) groups is 4. The van der Waals surface area contributed by atoms with Gasteiger partial charge in [0, 0.05) is 49.9 Å². The van der Waals surface area contributed by atoms with Gasteiger partial charge in [-0.15, -0.1) is 0 Å². The average molecular weight is 769 g/mol. The zero-order valence-electron chi connectivity index (χ0n) is 30.3. The van der Waals surface area contributed by atoms with Crippen LogP contribution in [0.1, 0.15) is 89.9 Å². The number of halogens is 1. The maximum absolute atomic E-state index is 14.7. The van der Waals surface area contributed by atoms with Crippen LogP contribution in [0.4, 0.5) is 0 Å². The summed E-state index contributed by atoms with van der Waals surface area (Å²) in [5, 5.41) is 0.395. The highest BCUT2D eigenvalue weighted by Crippen LogP contribution is 2.57. The highest BCUT2D eigenvalue weighted by molar-refractivity contribution is 7.90. The van der Waals surface area contributed by atoms with Crippen LogP contribution in [0, 0.1) is 17.3 Å². The van der Waals surface area contributed by atoms with Gasteiger partial charge >= 0.3 is 0 Å². The summed E-state index contributed by atoms with van der Waals surface area (Å²) in [6, 6.07) is 4.32. The van der Waals surface area contributed by atoms with Crippen molar-refractivity contribution in [2.45, 2.75) is 107 Å². The van der Waals surface area contributed by atoms with E-state index in [1.165, 1.54) is 7.11 Å². The smallest absolute Gasteiger partial charge is 0.240 e. The number of nitrogens with one attached hydrogen (secondary N) is 1. The molecule has 3 amide bonds. The molecule has 5 atom stereocenters. The zero-order chi connectivity index (χ0) is 37.3. The highest BCUT2D eigenvalue weighted by Gasteiger charge is 2.61. The highest BCUT2D eigenvalue weighted by atomic mass is 35.5. The number of likely N-dealkylation sites (tertiary alicyclic amines) is 1. The number of amides is 3. The molecule has 0 unspecified atom stereocenters. The number of Topliss-reactive ketones (excluding diaryl/α,β-unsaturated/α-hetero) is 1. The molecule has 4 fully saturated rings. The van der Waals surface area contributed by atoms with Crippen LogP contribution < -0.4 is 14.2 Å². The molecular weight excluding hydrogens is 720 g/mol. The van der Waals surface area contributed by atoms with Crippen LogP contribution in [-0.2, 0) is 29.2 Å². The van der Waals surface area contributed by atoms with Gasteiger partial charge in [0.1, 0.15) is 22.6 Å². The van der Waals surface area contributed by atoms with Crippen molar-refractivity contribution in [3.8, 4) is 11.5 Å². The van der Waals surface area contributed by atoms with Crippen LogP contribution in [-0.4, -0.2) is 90.8 Å². The van der Waals surface area contributed by atoms with Crippen molar-refractivity contribution >= 4 is 56.0 Å². The lowest BCUT2D eigenvalue weighted by molar-refractivity contribution is -0.145. The Bertz CT molecular complexity index is 1890. The van der Waals surface area contributed by atoms with E-state index in [0.29, 0.717) is 66.2 Å². The molecule has 2 saturated heterocycles. The van der Waals surface area contributed by atoms with E-state index in [0.717, 1.165) is 44.9 Å². The monoisotopic (exact) mass is 768 g/mol. The van der Waals surface area contributed by atoms with Crippen molar-refractivity contribution < 1.29 is 37.1 Å². The van der Waals surface area contributed by atoms with Crippen molar-refractivity contribution in [1.82, 2.24) is 19.5 Å². The number of hydrogen-bond acceptors (Lipinski definition) is 9. The molecule has 53 heavy (non-hydrogen) atoms. The van der Waals surface area contributed by atoms with Crippen LogP contribution in [0.25, 0.3) is 10.9 Å². The Kier molecular flexibility index (Phi) is 11.0. The summed E-state index contributed by atoms with van der Waals surface area (Å²) in [6.45, 7) is 1.48. The lowest BCUT2D eigenvalue weighted by atomic mass is 9.90. The van der Waals surface area contributed by atoms with E-state index in [9.17, 15) is 27.6 Å². The Balaban J connectivity index is 1.19. The molecule has 1 N–H and O–H groups in total. The maximum Gasteiger partial charge on any atom is 0.240 e. The minimum atomic E-state index is -3.83. The largest absolute Gasteiger partial charge is 0.495 e. The van der Waals surface area contributed by atoms with Gasteiger partial charge in [0.15, 0.2) is 5.78 Å². The number of ketones is 1. The molecule has 0 bridgehead atoms. The van der Waals surface area contributed by atoms with Crippen LogP contribution in [0.5, 0.6) is 11.5 Å². The molecule has 7 rings (SSSR count). The fraction of sp³-hybridized carbons (Fsp3) is 0.615. The number of hydrogen-bond donors (Lipinski definition) is 1. The number of allylic oxidation sites excluding steroid dienone is 2. The Hall–Kier alpha value is -3.71. The van der Waals surface area contributed by atoms with Crippen LogP contribution in [0.2, 0.25) is 5.02 Å². The second-order valence-electron chi connectivity index (χ2n) is 15.5. The number of nitrogens with zero attached hydrogens (tertiary/aromatic N) is 3. The Morgan fingerprint density at radius 3 is 2.55 bits per heavy atom. The number of rotatable bonds is 8. The van der Waals surface area contributed by atoms with Crippen LogP contribution in [0.3, 0.4) is 0 Å². The molecule has 1 aromatic carbocycles. The van der Waals surface area contributed by atoms with Crippen molar-refractivity contribution in [2.75, 3.05) is 26.7 Å². The topological polar surface area (TPSA) is 152 Å². The Morgan fingerprint density at radius 1 is 1.02 bits per heavy atom. The lowest BCUT2D eigenvalue weighted by Crippen LogP contribution is -2.47. The molecule has 0 spiro atoms. The molecule has 1 aromatic heterocycles. The van der Waals surface area contributed by atoms with E-state index in [4.69, 9.17) is 21.1 Å². The van der Waals surface area contributed by atoms with Gasteiger partial charge < -0.3 is 19.3 Å². The molecule has 5 aliphatic rings. The molecule has 0 radical (unpaired) electrons. The predicted octanol–water partition coefficient (Wildman–Crippen LogP) is 5.36. The number of carbonyl (C=O) groups excluding carboxylic acids is 4. The fourth-order valence-corrected chi connectivity index (χ4v) is 10.1. The molecular formula is C39H49ClN4O8S. The summed E-state index contributed by atoms with van der Waals surface area (Å²) < 4.78 is 39.9. The first-order chi connectivity index (χ1) is 25.5. The second-order valence-corrected chi connectivity index (χ2v) is 17.8. The van der Waals surface area contributed by atoms with E-state index in [1.54, 1.807) is 29.3 Å². The van der Waals surface area contributed by atoms with Crippen LogP contribution in [0.15, 0.2) is 36.5 Å². The van der Waals surface area contributed by atoms with Gasteiger partial charge in [-0.2, -0.15) is 0 Å². The molecule has 12 nitrogen and oxygen atoms in total. The molecule has 286 valence electrons. The third kappa shape index (κ3) is 8.06. The number of benzene rings is 1. The van der Waals surface area contributed by atoms with E-state index in [-0.39, 0.29) is 49.3 Å². The van der Waals surface area contributed by atoms with Gasteiger partial charge in [-0.05, 0) is 81.9 Å². The quantitative estimate of drug-likeness (QED) is 0.350. The minimum Gasteiger partial charge on any atom is -0.495 e. The zero-order valence-corrected chi connectivity index (χ0v) is 31.8. The number of pyridine rings is 1. The van der Waals surface area contributed by atoms with E-state index in [1.807, 2.05) is 17.1 Å². The SMILES string of the molecule is COc1ccc2c(O[C@@H]3C[C@H]4C(=O)C[C@]5(C(=O)NS(=O)(=O)C6CC6)C[C@H]5/C=C\CCCCC[C@H](CC(=O)N5CCCCC5)C(=O)N4C3)ccnc2c1Cl. The summed E-state index contributed by atoms with van der Waals surface area (Å²) in [4.78, 5) is 64.4. The Morgan fingerprint density at radius 2 is 1.79 bits per heavy atom. The number of ether oxygens (including phenoxy) is 2. The maximum atomic E-state index is 14.7. The molecule has 14 heteroatoms. The minimum absolute atomic E-state index is 0.0392. The van der Waals surface area contributed by atoms with Gasteiger partial charge in [0.2, 0.25) is 27.7 Å². The first-order valence-corrected chi connectivity index (χ1v) is 21.0.